The van der Waals surface area contributed by atoms with Gasteiger partial charge in [-0.25, -0.2) is 0 Å². The van der Waals surface area contributed by atoms with Crippen LogP contribution in [0.4, 0.5) is 0 Å². The van der Waals surface area contributed by atoms with Crippen LogP contribution in [0.5, 0.6) is 0 Å². The Morgan fingerprint density at radius 2 is 1.88 bits per heavy atom. The number of benzene rings is 1. The zero-order valence-electron chi connectivity index (χ0n) is 19.7. The van der Waals surface area contributed by atoms with Crippen molar-refractivity contribution in [1.29, 1.82) is 0 Å². The normalized spacial score (nSPS) is 41.2. The quantitative estimate of drug-likeness (QED) is 0.477. The molecule has 0 radical (unpaired) electrons. The maximum atomic E-state index is 13.9. The zero-order valence-corrected chi connectivity index (χ0v) is 19.7. The van der Waals surface area contributed by atoms with Gasteiger partial charge in [0.15, 0.2) is 5.78 Å². The van der Waals surface area contributed by atoms with E-state index < -0.39 is 23.0 Å². The molecule has 1 amide bonds. The van der Waals surface area contributed by atoms with Crippen molar-refractivity contribution < 1.29 is 19.8 Å². The van der Waals surface area contributed by atoms with Crippen molar-refractivity contribution in [3.8, 4) is 0 Å². The van der Waals surface area contributed by atoms with Crippen LogP contribution in [0.1, 0.15) is 39.2 Å². The number of aliphatic hydroxyl groups excluding tert-OH is 1. The van der Waals surface area contributed by atoms with Gasteiger partial charge < -0.3 is 15.5 Å². The lowest BCUT2D eigenvalue weighted by atomic mass is 9.52. The predicted octanol–water partition coefficient (Wildman–Crippen LogP) is 3.38. The molecule has 33 heavy (non-hydrogen) atoms. The third-order valence-corrected chi connectivity index (χ3v) is 7.96. The average Bonchev–Trinajstić information content (AvgIpc) is 3.04. The Balaban J connectivity index is 1.86. The molecular formula is C28H35NO4. The maximum Gasteiger partial charge on any atom is 0.235 e. The van der Waals surface area contributed by atoms with Crippen LogP contribution in [0.2, 0.25) is 0 Å². The number of hydrogen-bond acceptors (Lipinski definition) is 4. The highest BCUT2D eigenvalue weighted by Crippen LogP contribution is 2.56. The highest BCUT2D eigenvalue weighted by molar-refractivity contribution is 6.13. The first-order valence-electron chi connectivity index (χ1n) is 11.9. The van der Waals surface area contributed by atoms with E-state index in [2.05, 4.69) is 11.9 Å². The Bertz CT molecular complexity index is 994. The topological polar surface area (TPSA) is 86.6 Å². The summed E-state index contributed by atoms with van der Waals surface area (Å²) in [6.45, 7) is 9.86. The molecule has 1 aromatic rings. The van der Waals surface area contributed by atoms with Crippen molar-refractivity contribution in [3.05, 3.63) is 72.4 Å². The molecule has 3 N–H and O–H groups in total. The molecule has 5 nitrogen and oxygen atoms in total. The van der Waals surface area contributed by atoms with Crippen LogP contribution in [-0.2, 0) is 16.0 Å². The molecule has 4 rings (SSSR count). The Morgan fingerprint density at radius 1 is 1.18 bits per heavy atom. The highest BCUT2D eigenvalue weighted by Gasteiger charge is 2.68. The maximum absolute atomic E-state index is 13.9. The monoisotopic (exact) mass is 449 g/mol. The Hall–Kier alpha value is -2.50. The molecule has 1 heterocycles. The predicted molar refractivity (Wildman–Crippen MR) is 128 cm³/mol. The summed E-state index contributed by atoms with van der Waals surface area (Å²) < 4.78 is 0. The van der Waals surface area contributed by atoms with Crippen LogP contribution in [0.3, 0.4) is 0 Å². The summed E-state index contributed by atoms with van der Waals surface area (Å²) in [6.07, 6.45) is 7.48. The van der Waals surface area contributed by atoms with Crippen LogP contribution in [0, 0.1) is 29.1 Å². The van der Waals surface area contributed by atoms with Crippen molar-refractivity contribution >= 4 is 11.7 Å². The lowest BCUT2D eigenvalue weighted by Gasteiger charge is -2.48. The van der Waals surface area contributed by atoms with Crippen LogP contribution < -0.4 is 5.32 Å². The van der Waals surface area contributed by atoms with Gasteiger partial charge in [-0.15, -0.1) is 0 Å². The van der Waals surface area contributed by atoms with E-state index in [9.17, 15) is 19.8 Å². The summed E-state index contributed by atoms with van der Waals surface area (Å²) in [5.41, 5.74) is -0.870. The standard InChI is InChI=1S/C28H35NO4/c1-17-9-8-12-21-25(31)19(3)18(2)24-22(15-20-10-6-5-7-11-20)29-26(32)28(21,24)23(30)13-14-27(4,33)16-17/h5-8,10-14,17-18,21-22,24-25,31,33H,3,9,15-16H2,1-2,4H3,(H,29,32)/t17-,18+,21-,22-,24-,25+,27+,28+/m0/s1. The van der Waals surface area contributed by atoms with Gasteiger partial charge in [0, 0.05) is 17.9 Å². The van der Waals surface area contributed by atoms with Crippen molar-refractivity contribution in [2.45, 2.75) is 57.8 Å². The van der Waals surface area contributed by atoms with Crippen LogP contribution >= 0.6 is 0 Å². The van der Waals surface area contributed by atoms with Crippen molar-refractivity contribution in [2.24, 2.45) is 29.1 Å². The van der Waals surface area contributed by atoms with E-state index in [1.807, 2.05) is 56.3 Å². The minimum absolute atomic E-state index is 0.173. The van der Waals surface area contributed by atoms with E-state index in [1.54, 1.807) is 6.92 Å². The largest absolute Gasteiger partial charge is 0.388 e. The molecule has 5 heteroatoms. The lowest BCUT2D eigenvalue weighted by molar-refractivity contribution is -0.148. The number of nitrogens with one attached hydrogen (secondary N) is 1. The first-order valence-corrected chi connectivity index (χ1v) is 11.9. The lowest BCUT2D eigenvalue weighted by Crippen LogP contribution is -2.58. The number of amides is 1. The van der Waals surface area contributed by atoms with Crippen LogP contribution in [0.25, 0.3) is 0 Å². The van der Waals surface area contributed by atoms with E-state index in [4.69, 9.17) is 0 Å². The number of carbonyl (C=O) groups is 2. The minimum atomic E-state index is -1.45. The second-order valence-electron chi connectivity index (χ2n) is 10.5. The van der Waals surface area contributed by atoms with Gasteiger partial charge in [0.2, 0.25) is 5.91 Å². The van der Waals surface area contributed by atoms with Gasteiger partial charge in [-0.3, -0.25) is 9.59 Å². The Kier molecular flexibility index (Phi) is 6.23. The SMILES string of the molecule is C=C1[C@@H](C)[C@H]2[C@H](Cc3ccccc3)NC(=O)[C@]23C(=O)C=C[C@@](C)(O)C[C@@H](C)CC=C[C@H]3[C@@H]1O. The van der Waals surface area contributed by atoms with E-state index >= 15 is 0 Å². The average molecular weight is 450 g/mol. The van der Waals surface area contributed by atoms with E-state index in [-0.39, 0.29) is 35.5 Å². The molecule has 1 spiro atoms. The molecule has 1 saturated heterocycles. The van der Waals surface area contributed by atoms with E-state index in [0.29, 0.717) is 24.8 Å². The molecule has 2 aliphatic carbocycles. The van der Waals surface area contributed by atoms with Crippen molar-refractivity contribution in [3.63, 3.8) is 0 Å². The van der Waals surface area contributed by atoms with Gasteiger partial charge in [0.05, 0.1) is 11.7 Å². The summed E-state index contributed by atoms with van der Waals surface area (Å²) in [5.74, 6) is -1.84. The zero-order chi connectivity index (χ0) is 24.0. The molecule has 176 valence electrons. The fraction of sp³-hybridized carbons (Fsp3) is 0.500. The van der Waals surface area contributed by atoms with E-state index in [1.165, 1.54) is 12.2 Å². The van der Waals surface area contributed by atoms with Gasteiger partial charge in [-0.1, -0.05) is 62.9 Å². The molecule has 8 atom stereocenters. The highest BCUT2D eigenvalue weighted by atomic mass is 16.3. The van der Waals surface area contributed by atoms with Crippen LogP contribution in [-0.4, -0.2) is 39.7 Å². The fourth-order valence-corrected chi connectivity index (χ4v) is 6.39. The fourth-order valence-electron chi connectivity index (χ4n) is 6.39. The number of carbonyl (C=O) groups excluding carboxylic acids is 2. The number of ketones is 1. The first-order chi connectivity index (χ1) is 15.6. The minimum Gasteiger partial charge on any atom is -0.388 e. The second-order valence-corrected chi connectivity index (χ2v) is 10.5. The van der Waals surface area contributed by atoms with Crippen molar-refractivity contribution in [1.82, 2.24) is 5.32 Å². The number of aliphatic hydroxyl groups is 2. The number of allylic oxidation sites excluding steroid dienone is 2. The molecular weight excluding hydrogens is 414 g/mol. The smallest absolute Gasteiger partial charge is 0.235 e. The van der Waals surface area contributed by atoms with Gasteiger partial charge in [0.1, 0.15) is 5.41 Å². The molecule has 2 fully saturated rings. The first kappa shape index (κ1) is 23.7. The third kappa shape index (κ3) is 4.02. The molecule has 3 aliphatic rings. The molecule has 1 aliphatic heterocycles. The molecule has 0 bridgehead atoms. The summed E-state index contributed by atoms with van der Waals surface area (Å²) in [7, 11) is 0. The van der Waals surface area contributed by atoms with Gasteiger partial charge >= 0.3 is 0 Å². The Labute approximate surface area is 196 Å². The molecule has 1 saturated carbocycles. The van der Waals surface area contributed by atoms with Gasteiger partial charge in [0.25, 0.3) is 0 Å². The number of hydrogen-bond donors (Lipinski definition) is 3. The molecule has 0 unspecified atom stereocenters. The van der Waals surface area contributed by atoms with Gasteiger partial charge in [-0.2, -0.15) is 0 Å². The Morgan fingerprint density at radius 3 is 2.58 bits per heavy atom. The summed E-state index contributed by atoms with van der Waals surface area (Å²) in [5, 5.41) is 25.2. The molecule has 1 aromatic carbocycles. The van der Waals surface area contributed by atoms with E-state index in [0.717, 1.165) is 5.56 Å². The van der Waals surface area contributed by atoms with Gasteiger partial charge in [-0.05, 0) is 61.3 Å². The van der Waals surface area contributed by atoms with Crippen molar-refractivity contribution in [2.75, 3.05) is 0 Å². The second kappa shape index (κ2) is 8.69. The van der Waals surface area contributed by atoms with Crippen LogP contribution in [0.15, 0.2) is 66.8 Å². The summed E-state index contributed by atoms with van der Waals surface area (Å²) in [6, 6.07) is 9.64. The number of rotatable bonds is 2. The third-order valence-electron chi connectivity index (χ3n) is 7.96. The molecule has 0 aromatic heterocycles. The summed E-state index contributed by atoms with van der Waals surface area (Å²) in [4.78, 5) is 27.7. The summed E-state index contributed by atoms with van der Waals surface area (Å²) >= 11 is 0.